The van der Waals surface area contributed by atoms with Crippen LogP contribution in [0.15, 0.2) is 65.3 Å². The van der Waals surface area contributed by atoms with Gasteiger partial charge in [-0.2, -0.15) is 0 Å². The maximum atomic E-state index is 4.30. The van der Waals surface area contributed by atoms with Crippen LogP contribution in [0.5, 0.6) is 0 Å². The van der Waals surface area contributed by atoms with Gasteiger partial charge in [0.2, 0.25) is 0 Å². The van der Waals surface area contributed by atoms with E-state index in [1.54, 1.807) is 6.20 Å². The third kappa shape index (κ3) is 2.22. The maximum absolute atomic E-state index is 4.30. The molecule has 0 atom stereocenters. The molecule has 0 aliphatic heterocycles. The molecule has 0 aliphatic carbocycles. The van der Waals surface area contributed by atoms with E-state index < -0.39 is 0 Å². The van der Waals surface area contributed by atoms with E-state index in [0.29, 0.717) is 0 Å². The lowest BCUT2D eigenvalue weighted by Crippen LogP contribution is -1.93. The molecule has 0 saturated heterocycles. The van der Waals surface area contributed by atoms with Crippen LogP contribution in [-0.4, -0.2) is 4.98 Å². The molecule has 3 aromatic rings. The summed E-state index contributed by atoms with van der Waals surface area (Å²) in [6.07, 6.45) is 1.77. The topological polar surface area (TPSA) is 24.9 Å². The molecule has 88 valence electrons. The van der Waals surface area contributed by atoms with Crippen LogP contribution in [0, 0.1) is 0 Å². The standard InChI is InChI=1S/C15H11BrN2/c16-14-6-3-9-17-15(14)18-13-8-7-11-4-1-2-5-12(11)10-13/h1-10H,(H,17,18). The van der Waals surface area contributed by atoms with Gasteiger partial charge in [-0.15, -0.1) is 0 Å². The number of nitrogens with zero attached hydrogens (tertiary/aromatic N) is 1. The maximum Gasteiger partial charge on any atom is 0.144 e. The zero-order valence-corrected chi connectivity index (χ0v) is 11.2. The fourth-order valence-electron chi connectivity index (χ4n) is 1.88. The molecule has 18 heavy (non-hydrogen) atoms. The number of halogens is 1. The quantitative estimate of drug-likeness (QED) is 0.739. The highest BCUT2D eigenvalue weighted by Gasteiger charge is 2.01. The summed E-state index contributed by atoms with van der Waals surface area (Å²) in [5, 5.41) is 5.76. The lowest BCUT2D eigenvalue weighted by molar-refractivity contribution is 1.29. The molecule has 0 saturated carbocycles. The molecule has 2 nitrogen and oxygen atoms in total. The number of benzene rings is 2. The summed E-state index contributed by atoms with van der Waals surface area (Å²) in [5.74, 6) is 0.827. The Morgan fingerprint density at radius 1 is 0.889 bits per heavy atom. The molecule has 0 radical (unpaired) electrons. The van der Waals surface area contributed by atoms with E-state index in [9.17, 15) is 0 Å². The van der Waals surface area contributed by atoms with Crippen LogP contribution in [0.4, 0.5) is 11.5 Å². The second kappa shape index (κ2) is 4.78. The molecule has 0 spiro atoms. The summed E-state index contributed by atoms with van der Waals surface area (Å²) < 4.78 is 0.957. The molecule has 3 rings (SSSR count). The molecule has 0 amide bonds. The van der Waals surface area contributed by atoms with Crippen molar-refractivity contribution in [1.82, 2.24) is 4.98 Å². The van der Waals surface area contributed by atoms with E-state index in [4.69, 9.17) is 0 Å². The largest absolute Gasteiger partial charge is 0.339 e. The molecule has 3 heteroatoms. The molecule has 0 aliphatic rings. The van der Waals surface area contributed by atoms with E-state index in [1.807, 2.05) is 24.3 Å². The summed E-state index contributed by atoms with van der Waals surface area (Å²) in [6, 6.07) is 18.5. The Hall–Kier alpha value is -1.87. The van der Waals surface area contributed by atoms with Crippen molar-refractivity contribution in [2.45, 2.75) is 0 Å². The van der Waals surface area contributed by atoms with Gasteiger partial charge in [0.15, 0.2) is 0 Å². The number of anilines is 2. The van der Waals surface area contributed by atoms with Gasteiger partial charge in [-0.25, -0.2) is 4.98 Å². The fourth-order valence-corrected chi connectivity index (χ4v) is 2.24. The number of hydrogen-bond donors (Lipinski definition) is 1. The average molecular weight is 299 g/mol. The number of hydrogen-bond acceptors (Lipinski definition) is 2. The molecule has 1 N–H and O–H groups in total. The van der Waals surface area contributed by atoms with Crippen molar-refractivity contribution in [3.8, 4) is 0 Å². The Labute approximate surface area is 114 Å². The van der Waals surface area contributed by atoms with Gasteiger partial charge in [-0.05, 0) is 51.0 Å². The Kier molecular flexibility index (Phi) is 2.99. The van der Waals surface area contributed by atoms with Gasteiger partial charge in [0, 0.05) is 11.9 Å². The number of pyridine rings is 1. The molecule has 2 aromatic carbocycles. The number of aromatic nitrogens is 1. The first-order valence-corrected chi connectivity index (χ1v) is 6.48. The van der Waals surface area contributed by atoms with Crippen LogP contribution in [-0.2, 0) is 0 Å². The van der Waals surface area contributed by atoms with Crippen molar-refractivity contribution < 1.29 is 0 Å². The van der Waals surface area contributed by atoms with Crippen molar-refractivity contribution in [3.05, 3.63) is 65.3 Å². The fraction of sp³-hybridized carbons (Fsp3) is 0. The number of nitrogens with one attached hydrogen (secondary N) is 1. The van der Waals surface area contributed by atoms with Crippen molar-refractivity contribution in [2.75, 3.05) is 5.32 Å². The van der Waals surface area contributed by atoms with Crippen molar-refractivity contribution in [3.63, 3.8) is 0 Å². The Morgan fingerprint density at radius 3 is 2.56 bits per heavy atom. The van der Waals surface area contributed by atoms with Crippen LogP contribution >= 0.6 is 15.9 Å². The summed E-state index contributed by atoms with van der Waals surface area (Å²) in [7, 11) is 0. The van der Waals surface area contributed by atoms with Crippen LogP contribution < -0.4 is 5.32 Å². The summed E-state index contributed by atoms with van der Waals surface area (Å²) in [6.45, 7) is 0. The van der Waals surface area contributed by atoms with E-state index in [-0.39, 0.29) is 0 Å². The molecular weight excluding hydrogens is 288 g/mol. The van der Waals surface area contributed by atoms with Gasteiger partial charge in [-0.3, -0.25) is 0 Å². The molecular formula is C15H11BrN2. The SMILES string of the molecule is Brc1cccnc1Nc1ccc2ccccc2c1. The van der Waals surface area contributed by atoms with Gasteiger partial charge in [0.1, 0.15) is 5.82 Å². The van der Waals surface area contributed by atoms with Gasteiger partial charge >= 0.3 is 0 Å². The summed E-state index contributed by atoms with van der Waals surface area (Å²) >= 11 is 3.48. The van der Waals surface area contributed by atoms with E-state index in [1.165, 1.54) is 10.8 Å². The highest BCUT2D eigenvalue weighted by atomic mass is 79.9. The van der Waals surface area contributed by atoms with E-state index >= 15 is 0 Å². The second-order valence-electron chi connectivity index (χ2n) is 4.02. The molecule has 0 unspecified atom stereocenters. The Balaban J connectivity index is 1.98. The van der Waals surface area contributed by atoms with Crippen LogP contribution in [0.1, 0.15) is 0 Å². The lowest BCUT2D eigenvalue weighted by Gasteiger charge is -2.08. The highest BCUT2D eigenvalue weighted by molar-refractivity contribution is 9.10. The molecule has 1 aromatic heterocycles. The minimum Gasteiger partial charge on any atom is -0.339 e. The monoisotopic (exact) mass is 298 g/mol. The highest BCUT2D eigenvalue weighted by Crippen LogP contribution is 2.25. The van der Waals surface area contributed by atoms with Gasteiger partial charge in [0.25, 0.3) is 0 Å². The summed E-state index contributed by atoms with van der Waals surface area (Å²) in [5.41, 5.74) is 1.04. The first kappa shape index (κ1) is 11.2. The summed E-state index contributed by atoms with van der Waals surface area (Å²) in [4.78, 5) is 4.30. The molecule has 0 fully saturated rings. The molecule has 0 bridgehead atoms. The normalized spacial score (nSPS) is 10.5. The van der Waals surface area contributed by atoms with Gasteiger partial charge in [-0.1, -0.05) is 30.3 Å². The third-order valence-electron chi connectivity index (χ3n) is 2.77. The second-order valence-corrected chi connectivity index (χ2v) is 4.88. The predicted molar refractivity (Wildman–Crippen MR) is 79.2 cm³/mol. The number of rotatable bonds is 2. The minimum absolute atomic E-state index is 0.827. The van der Waals surface area contributed by atoms with E-state index in [2.05, 4.69) is 56.6 Å². The zero-order valence-electron chi connectivity index (χ0n) is 9.60. The van der Waals surface area contributed by atoms with Crippen molar-refractivity contribution in [1.29, 1.82) is 0 Å². The Morgan fingerprint density at radius 2 is 1.72 bits per heavy atom. The Bertz CT molecular complexity index is 695. The first-order valence-electron chi connectivity index (χ1n) is 5.69. The van der Waals surface area contributed by atoms with Crippen LogP contribution in [0.25, 0.3) is 10.8 Å². The van der Waals surface area contributed by atoms with E-state index in [0.717, 1.165) is 16.0 Å². The third-order valence-corrected chi connectivity index (χ3v) is 3.41. The average Bonchev–Trinajstić information content (AvgIpc) is 2.41. The lowest BCUT2D eigenvalue weighted by atomic mass is 10.1. The minimum atomic E-state index is 0.827. The predicted octanol–water partition coefficient (Wildman–Crippen LogP) is 4.74. The van der Waals surface area contributed by atoms with Crippen LogP contribution in [0.2, 0.25) is 0 Å². The smallest absolute Gasteiger partial charge is 0.144 e. The number of fused-ring (bicyclic) bond motifs is 1. The first-order chi connectivity index (χ1) is 8.83. The molecule has 1 heterocycles. The van der Waals surface area contributed by atoms with Crippen molar-refractivity contribution >= 4 is 38.2 Å². The van der Waals surface area contributed by atoms with Crippen LogP contribution in [0.3, 0.4) is 0 Å². The van der Waals surface area contributed by atoms with Crippen molar-refractivity contribution in [2.24, 2.45) is 0 Å². The van der Waals surface area contributed by atoms with Gasteiger partial charge < -0.3 is 5.32 Å². The van der Waals surface area contributed by atoms with Gasteiger partial charge in [0.05, 0.1) is 4.47 Å². The zero-order chi connectivity index (χ0) is 12.4.